The quantitative estimate of drug-likeness (QED) is 0.787. The number of carbonyl (C=O) groups is 3. The van der Waals surface area contributed by atoms with Crippen LogP contribution in [0, 0.1) is 5.92 Å². The lowest BCUT2D eigenvalue weighted by atomic mass is 10.1. The summed E-state index contributed by atoms with van der Waals surface area (Å²) in [5, 5.41) is 5.47. The summed E-state index contributed by atoms with van der Waals surface area (Å²) in [6.45, 7) is 2.86. The van der Waals surface area contributed by atoms with Gasteiger partial charge in [0.25, 0.3) is 5.91 Å². The zero-order valence-electron chi connectivity index (χ0n) is 16.5. The van der Waals surface area contributed by atoms with Crippen LogP contribution in [-0.4, -0.2) is 59.8 Å². The fourth-order valence-electron chi connectivity index (χ4n) is 3.43. The lowest BCUT2D eigenvalue weighted by Gasteiger charge is -2.19. The molecular formula is C21H22N6O3. The number of hydrogen-bond acceptors (Lipinski definition) is 4. The van der Waals surface area contributed by atoms with Crippen molar-refractivity contribution in [2.24, 2.45) is 20.9 Å². The summed E-state index contributed by atoms with van der Waals surface area (Å²) in [5.74, 6) is 0.351. The number of fused-ring (bicyclic) bond motifs is 1. The Labute approximate surface area is 173 Å². The van der Waals surface area contributed by atoms with E-state index in [4.69, 9.17) is 0 Å². The molecule has 1 aromatic rings. The molecule has 9 nitrogen and oxygen atoms in total. The second-order valence-electron chi connectivity index (χ2n) is 7.25. The van der Waals surface area contributed by atoms with Crippen LogP contribution in [0.2, 0.25) is 0 Å². The fourth-order valence-corrected chi connectivity index (χ4v) is 3.43. The summed E-state index contributed by atoms with van der Waals surface area (Å²) in [5.41, 5.74) is 1.23. The first-order valence-corrected chi connectivity index (χ1v) is 9.91. The average molecular weight is 406 g/mol. The van der Waals surface area contributed by atoms with Gasteiger partial charge in [0.15, 0.2) is 0 Å². The fraction of sp³-hybridized carbons (Fsp3) is 0.333. The Balaban J connectivity index is 1.38. The number of amides is 3. The van der Waals surface area contributed by atoms with E-state index in [0.717, 1.165) is 6.42 Å². The van der Waals surface area contributed by atoms with Crippen molar-refractivity contribution >= 4 is 41.4 Å². The van der Waals surface area contributed by atoms with Gasteiger partial charge in [-0.2, -0.15) is 4.99 Å². The molecule has 154 valence electrons. The summed E-state index contributed by atoms with van der Waals surface area (Å²) in [7, 11) is 0. The molecule has 0 saturated carbocycles. The second-order valence-corrected chi connectivity index (χ2v) is 7.25. The van der Waals surface area contributed by atoms with Gasteiger partial charge >= 0.3 is 0 Å². The lowest BCUT2D eigenvalue weighted by molar-refractivity contribution is -0.116. The van der Waals surface area contributed by atoms with E-state index in [9.17, 15) is 14.4 Å². The molecule has 3 amide bonds. The van der Waals surface area contributed by atoms with Crippen molar-refractivity contribution in [3.63, 3.8) is 0 Å². The number of aliphatic imine (C=N–C) groups is 3. The standard InChI is InChI=1S/C21H22N6O3/c1-2-17(28)23-15-6-3-13(4-7-15)20(30)27-10-9-16(12-27)24-21-22-11-14-5-8-18(29)25-19(14)26-21/h3-8,11,14,16H,2,9-10,12H2,1H3,(H,23,28)(H,24,25,26,29)/t14?,16-/m1/s1. The van der Waals surface area contributed by atoms with Crippen LogP contribution >= 0.6 is 0 Å². The van der Waals surface area contributed by atoms with Crippen molar-refractivity contribution in [3.05, 3.63) is 42.0 Å². The molecule has 0 radical (unpaired) electrons. The molecule has 0 aromatic heterocycles. The highest BCUT2D eigenvalue weighted by Gasteiger charge is 2.28. The zero-order chi connectivity index (χ0) is 21.1. The number of likely N-dealkylation sites (tertiary alicyclic amines) is 1. The molecule has 0 spiro atoms. The minimum absolute atomic E-state index is 0.0698. The molecule has 9 heteroatoms. The van der Waals surface area contributed by atoms with Crippen molar-refractivity contribution < 1.29 is 14.4 Å². The number of nitrogens with zero attached hydrogens (tertiary/aromatic N) is 4. The van der Waals surface area contributed by atoms with Gasteiger partial charge in [-0.05, 0) is 30.7 Å². The summed E-state index contributed by atoms with van der Waals surface area (Å²) in [4.78, 5) is 50.6. The van der Waals surface area contributed by atoms with Crippen molar-refractivity contribution in [2.45, 2.75) is 25.8 Å². The van der Waals surface area contributed by atoms with Crippen LogP contribution in [0.15, 0.2) is 51.4 Å². The zero-order valence-corrected chi connectivity index (χ0v) is 16.5. The van der Waals surface area contributed by atoms with E-state index in [2.05, 4.69) is 25.6 Å². The molecular weight excluding hydrogens is 384 g/mol. The van der Waals surface area contributed by atoms with Gasteiger partial charge < -0.3 is 15.5 Å². The van der Waals surface area contributed by atoms with E-state index < -0.39 is 0 Å². The maximum atomic E-state index is 12.8. The van der Waals surface area contributed by atoms with Gasteiger partial charge in [0, 0.05) is 43.1 Å². The van der Waals surface area contributed by atoms with Crippen LogP contribution in [0.3, 0.4) is 0 Å². The molecule has 2 atom stereocenters. The molecule has 1 fully saturated rings. The van der Waals surface area contributed by atoms with Crippen molar-refractivity contribution in [1.82, 2.24) is 10.2 Å². The van der Waals surface area contributed by atoms with Gasteiger partial charge in [0.2, 0.25) is 17.8 Å². The van der Waals surface area contributed by atoms with E-state index >= 15 is 0 Å². The van der Waals surface area contributed by atoms with E-state index in [-0.39, 0.29) is 29.7 Å². The maximum absolute atomic E-state index is 12.8. The molecule has 30 heavy (non-hydrogen) atoms. The van der Waals surface area contributed by atoms with Crippen LogP contribution in [0.25, 0.3) is 0 Å². The monoisotopic (exact) mass is 406 g/mol. The number of anilines is 1. The van der Waals surface area contributed by atoms with Crippen molar-refractivity contribution in [1.29, 1.82) is 0 Å². The smallest absolute Gasteiger partial charge is 0.253 e. The lowest BCUT2D eigenvalue weighted by Crippen LogP contribution is -2.40. The highest BCUT2D eigenvalue weighted by Crippen LogP contribution is 2.19. The topological polar surface area (TPSA) is 116 Å². The number of carbonyl (C=O) groups excluding carboxylic acids is 3. The third-order valence-electron chi connectivity index (χ3n) is 5.08. The number of hydrogen-bond donors (Lipinski definition) is 2. The molecule has 4 rings (SSSR count). The largest absolute Gasteiger partial charge is 0.336 e. The van der Waals surface area contributed by atoms with E-state index in [0.29, 0.717) is 42.6 Å². The third-order valence-corrected chi connectivity index (χ3v) is 5.08. The number of benzene rings is 1. The first-order chi connectivity index (χ1) is 14.5. The molecule has 2 N–H and O–H groups in total. The highest BCUT2D eigenvalue weighted by molar-refractivity contribution is 6.18. The van der Waals surface area contributed by atoms with Gasteiger partial charge in [0.05, 0.1) is 12.0 Å². The predicted octanol–water partition coefficient (Wildman–Crippen LogP) is 1.39. The molecule has 1 saturated heterocycles. The summed E-state index contributed by atoms with van der Waals surface area (Å²) < 4.78 is 0. The second kappa shape index (κ2) is 8.40. The number of guanidine groups is 1. The van der Waals surface area contributed by atoms with E-state index in [1.165, 1.54) is 6.08 Å². The van der Waals surface area contributed by atoms with Gasteiger partial charge in [-0.3, -0.25) is 14.4 Å². The summed E-state index contributed by atoms with van der Waals surface area (Å²) in [6.07, 6.45) is 6.02. The third kappa shape index (κ3) is 4.35. The first kappa shape index (κ1) is 19.7. The normalized spacial score (nSPS) is 23.8. The number of nitrogens with one attached hydrogen (secondary N) is 2. The molecule has 3 aliphatic heterocycles. The molecule has 1 aromatic carbocycles. The molecule has 1 unspecified atom stereocenters. The molecule has 3 heterocycles. The molecule has 0 aliphatic carbocycles. The van der Waals surface area contributed by atoms with E-state index in [1.54, 1.807) is 48.4 Å². The minimum atomic E-state index is -0.211. The van der Waals surface area contributed by atoms with Crippen molar-refractivity contribution in [2.75, 3.05) is 18.4 Å². The predicted molar refractivity (Wildman–Crippen MR) is 114 cm³/mol. The Kier molecular flexibility index (Phi) is 5.51. The van der Waals surface area contributed by atoms with E-state index in [1.807, 2.05) is 0 Å². The SMILES string of the molecule is CCC(=O)Nc1ccc(C(=O)N2CC[C@@H](N=C3N=CC4C=CC(=O)NC4=N3)C2)cc1. The van der Waals surface area contributed by atoms with Crippen LogP contribution in [0.4, 0.5) is 5.69 Å². The Bertz CT molecular complexity index is 992. The van der Waals surface area contributed by atoms with Crippen LogP contribution in [-0.2, 0) is 9.59 Å². The van der Waals surface area contributed by atoms with Crippen LogP contribution < -0.4 is 10.6 Å². The summed E-state index contributed by atoms with van der Waals surface area (Å²) >= 11 is 0. The number of amidine groups is 1. The first-order valence-electron chi connectivity index (χ1n) is 9.91. The Morgan fingerprint density at radius 3 is 2.87 bits per heavy atom. The van der Waals surface area contributed by atoms with Gasteiger partial charge in [0.1, 0.15) is 5.84 Å². The van der Waals surface area contributed by atoms with Gasteiger partial charge in [-0.1, -0.05) is 13.0 Å². The molecule has 3 aliphatic rings. The maximum Gasteiger partial charge on any atom is 0.253 e. The average Bonchev–Trinajstić information content (AvgIpc) is 3.22. The minimum Gasteiger partial charge on any atom is -0.336 e. The summed E-state index contributed by atoms with van der Waals surface area (Å²) in [6, 6.07) is 6.78. The number of rotatable bonds is 4. The van der Waals surface area contributed by atoms with Crippen LogP contribution in [0.5, 0.6) is 0 Å². The molecule has 0 bridgehead atoms. The van der Waals surface area contributed by atoms with Gasteiger partial charge in [-0.15, -0.1) is 0 Å². The Hall–Kier alpha value is -3.62. The Morgan fingerprint density at radius 2 is 2.10 bits per heavy atom. The van der Waals surface area contributed by atoms with Gasteiger partial charge in [-0.25, -0.2) is 9.98 Å². The van der Waals surface area contributed by atoms with Crippen LogP contribution in [0.1, 0.15) is 30.1 Å². The highest BCUT2D eigenvalue weighted by atomic mass is 16.2. The Morgan fingerprint density at radius 1 is 1.30 bits per heavy atom. The van der Waals surface area contributed by atoms with Crippen molar-refractivity contribution in [3.8, 4) is 0 Å².